The Hall–Kier alpha value is -2.40. The van der Waals surface area contributed by atoms with Gasteiger partial charge in [-0.05, 0) is 37.1 Å². The molecule has 21 heavy (non-hydrogen) atoms. The molecule has 0 aliphatic carbocycles. The van der Waals surface area contributed by atoms with Crippen LogP contribution >= 0.6 is 0 Å². The number of para-hydroxylation sites is 1. The molecule has 3 N–H and O–H groups in total. The van der Waals surface area contributed by atoms with Gasteiger partial charge in [-0.2, -0.15) is 15.4 Å². The number of nitrogens with zero attached hydrogens (tertiary/aromatic N) is 2. The number of aliphatic hydroxyl groups excluding tert-OH is 1. The van der Waals surface area contributed by atoms with Crippen LogP contribution in [0.5, 0.6) is 5.75 Å². The van der Waals surface area contributed by atoms with E-state index in [1.807, 2.05) is 37.3 Å². The van der Waals surface area contributed by atoms with Crippen molar-refractivity contribution in [3.8, 4) is 16.9 Å². The Kier molecular flexibility index (Phi) is 3.35. The highest BCUT2D eigenvalue weighted by atomic mass is 16.3. The number of fused-ring (bicyclic) bond motifs is 1. The third-order valence-corrected chi connectivity index (χ3v) is 3.49. The maximum absolute atomic E-state index is 10.5. The van der Waals surface area contributed by atoms with Gasteiger partial charge in [-0.25, -0.2) is 0 Å². The molecule has 2 aromatic carbocycles. The molecule has 0 bridgehead atoms. The molecule has 5 nitrogen and oxygen atoms in total. The SMILES string of the molecule is Cc1cc(CC(C)O)c(O)c(-c2cccc3n[nH]nc23)c1. The number of rotatable bonds is 3. The molecule has 5 heteroatoms. The number of aromatic nitrogens is 3. The van der Waals surface area contributed by atoms with Crippen LogP contribution in [0.2, 0.25) is 0 Å². The zero-order chi connectivity index (χ0) is 15.0. The van der Waals surface area contributed by atoms with Crippen molar-refractivity contribution in [2.45, 2.75) is 26.4 Å². The van der Waals surface area contributed by atoms with E-state index < -0.39 is 6.10 Å². The summed E-state index contributed by atoms with van der Waals surface area (Å²) in [5, 5.41) is 31.0. The molecule has 0 aliphatic rings. The third kappa shape index (κ3) is 2.48. The molecule has 108 valence electrons. The fourth-order valence-electron chi connectivity index (χ4n) is 2.62. The molecule has 0 fully saturated rings. The van der Waals surface area contributed by atoms with Crippen LogP contribution in [-0.4, -0.2) is 31.7 Å². The second kappa shape index (κ2) is 5.18. The Morgan fingerprint density at radius 1 is 1.19 bits per heavy atom. The van der Waals surface area contributed by atoms with Gasteiger partial charge in [-0.3, -0.25) is 0 Å². The van der Waals surface area contributed by atoms with Crippen LogP contribution < -0.4 is 0 Å². The Morgan fingerprint density at radius 3 is 2.76 bits per heavy atom. The van der Waals surface area contributed by atoms with Gasteiger partial charge >= 0.3 is 0 Å². The molecular weight excluding hydrogens is 266 g/mol. The minimum Gasteiger partial charge on any atom is -0.507 e. The van der Waals surface area contributed by atoms with Crippen molar-refractivity contribution in [3.05, 3.63) is 41.5 Å². The molecule has 0 spiro atoms. The average Bonchev–Trinajstić information content (AvgIpc) is 2.90. The Morgan fingerprint density at radius 2 is 2.00 bits per heavy atom. The van der Waals surface area contributed by atoms with Crippen molar-refractivity contribution < 1.29 is 10.2 Å². The van der Waals surface area contributed by atoms with Crippen molar-refractivity contribution in [1.82, 2.24) is 15.4 Å². The van der Waals surface area contributed by atoms with Crippen LogP contribution in [0.4, 0.5) is 0 Å². The minimum absolute atomic E-state index is 0.192. The van der Waals surface area contributed by atoms with E-state index in [4.69, 9.17) is 0 Å². The van der Waals surface area contributed by atoms with E-state index in [2.05, 4.69) is 15.4 Å². The molecule has 3 rings (SSSR count). The highest BCUT2D eigenvalue weighted by Crippen LogP contribution is 2.36. The first-order valence-electron chi connectivity index (χ1n) is 6.86. The maximum Gasteiger partial charge on any atom is 0.126 e. The number of phenols is 1. The second-order valence-electron chi connectivity index (χ2n) is 5.37. The van der Waals surface area contributed by atoms with Gasteiger partial charge in [0.2, 0.25) is 0 Å². The largest absolute Gasteiger partial charge is 0.507 e. The summed E-state index contributed by atoms with van der Waals surface area (Å²) in [4.78, 5) is 0. The van der Waals surface area contributed by atoms with E-state index >= 15 is 0 Å². The van der Waals surface area contributed by atoms with Crippen LogP contribution in [0.3, 0.4) is 0 Å². The molecule has 1 unspecified atom stereocenters. The zero-order valence-corrected chi connectivity index (χ0v) is 12.0. The standard InChI is InChI=1S/C16H17N3O2/c1-9-6-11(8-10(2)20)16(21)13(7-9)12-4-3-5-14-15(12)18-19-17-14/h3-7,10,20-21H,8H2,1-2H3,(H,17,18,19). The van der Waals surface area contributed by atoms with Crippen LogP contribution in [0.25, 0.3) is 22.2 Å². The molecule has 0 amide bonds. The first kappa shape index (κ1) is 13.6. The molecule has 0 saturated carbocycles. The maximum atomic E-state index is 10.5. The number of benzene rings is 2. The number of nitrogens with one attached hydrogen (secondary N) is 1. The fraction of sp³-hybridized carbons (Fsp3) is 0.250. The molecule has 1 atom stereocenters. The lowest BCUT2D eigenvalue weighted by Crippen LogP contribution is -2.05. The van der Waals surface area contributed by atoms with Crippen LogP contribution in [0, 0.1) is 6.92 Å². The van der Waals surface area contributed by atoms with Crippen molar-refractivity contribution in [3.63, 3.8) is 0 Å². The van der Waals surface area contributed by atoms with E-state index in [9.17, 15) is 10.2 Å². The van der Waals surface area contributed by atoms with E-state index in [0.29, 0.717) is 12.0 Å². The number of H-pyrrole nitrogens is 1. The highest BCUT2D eigenvalue weighted by Gasteiger charge is 2.15. The predicted molar refractivity (Wildman–Crippen MR) is 81.1 cm³/mol. The second-order valence-corrected chi connectivity index (χ2v) is 5.37. The summed E-state index contributed by atoms with van der Waals surface area (Å²) in [5.74, 6) is 0.192. The minimum atomic E-state index is -0.506. The van der Waals surface area contributed by atoms with E-state index in [0.717, 1.165) is 27.7 Å². The fourth-order valence-corrected chi connectivity index (χ4v) is 2.62. The van der Waals surface area contributed by atoms with Gasteiger partial charge in [0.15, 0.2) is 0 Å². The first-order chi connectivity index (χ1) is 10.1. The number of hydrogen-bond acceptors (Lipinski definition) is 4. The van der Waals surface area contributed by atoms with Gasteiger partial charge in [0, 0.05) is 17.5 Å². The quantitative estimate of drug-likeness (QED) is 0.690. The van der Waals surface area contributed by atoms with Crippen LogP contribution in [0.15, 0.2) is 30.3 Å². The lowest BCUT2D eigenvalue weighted by molar-refractivity contribution is 0.194. The summed E-state index contributed by atoms with van der Waals surface area (Å²) in [5.41, 5.74) is 4.78. The monoisotopic (exact) mass is 283 g/mol. The summed E-state index contributed by atoms with van der Waals surface area (Å²) in [7, 11) is 0. The summed E-state index contributed by atoms with van der Waals surface area (Å²) in [6.45, 7) is 3.68. The zero-order valence-electron chi connectivity index (χ0n) is 12.0. The Labute approximate surface area is 122 Å². The van der Waals surface area contributed by atoms with E-state index in [1.54, 1.807) is 6.92 Å². The summed E-state index contributed by atoms with van der Waals surface area (Å²) in [6.07, 6.45) is -0.0941. The van der Waals surface area contributed by atoms with Gasteiger partial charge < -0.3 is 10.2 Å². The predicted octanol–water partition coefficient (Wildman–Crippen LogP) is 2.56. The molecule has 1 aromatic heterocycles. The van der Waals surface area contributed by atoms with Crippen molar-refractivity contribution >= 4 is 11.0 Å². The molecule has 0 radical (unpaired) electrons. The summed E-state index contributed by atoms with van der Waals surface area (Å²) < 4.78 is 0. The van der Waals surface area contributed by atoms with Gasteiger partial charge in [-0.15, -0.1) is 0 Å². The third-order valence-electron chi connectivity index (χ3n) is 3.49. The highest BCUT2D eigenvalue weighted by molar-refractivity contribution is 5.93. The molecular formula is C16H17N3O2. The van der Waals surface area contributed by atoms with Crippen LogP contribution in [-0.2, 0) is 6.42 Å². The van der Waals surface area contributed by atoms with Crippen molar-refractivity contribution in [2.24, 2.45) is 0 Å². The lowest BCUT2D eigenvalue weighted by Gasteiger charge is -2.13. The Bertz CT molecular complexity index is 793. The average molecular weight is 283 g/mol. The molecule has 0 aliphatic heterocycles. The van der Waals surface area contributed by atoms with Gasteiger partial charge in [0.25, 0.3) is 0 Å². The van der Waals surface area contributed by atoms with Gasteiger partial charge in [0.05, 0.1) is 6.10 Å². The van der Waals surface area contributed by atoms with Gasteiger partial charge in [0.1, 0.15) is 16.8 Å². The summed E-state index contributed by atoms with van der Waals surface area (Å²) >= 11 is 0. The normalized spacial score (nSPS) is 12.7. The van der Waals surface area contributed by atoms with Crippen molar-refractivity contribution in [2.75, 3.05) is 0 Å². The van der Waals surface area contributed by atoms with Crippen molar-refractivity contribution in [1.29, 1.82) is 0 Å². The number of aryl methyl sites for hydroxylation is 1. The molecule has 1 heterocycles. The Balaban J connectivity index is 2.22. The molecule has 3 aromatic rings. The number of aliphatic hydroxyl groups is 1. The number of aromatic hydroxyl groups is 1. The van der Waals surface area contributed by atoms with E-state index in [-0.39, 0.29) is 5.75 Å². The van der Waals surface area contributed by atoms with Gasteiger partial charge in [-0.1, -0.05) is 18.2 Å². The smallest absolute Gasteiger partial charge is 0.126 e. The van der Waals surface area contributed by atoms with Crippen LogP contribution in [0.1, 0.15) is 18.1 Å². The first-order valence-corrected chi connectivity index (χ1v) is 6.86. The number of phenolic OH excluding ortho intramolecular Hbond substituents is 1. The summed E-state index contributed by atoms with van der Waals surface area (Å²) in [6, 6.07) is 9.48. The lowest BCUT2D eigenvalue weighted by atomic mass is 9.95. The topological polar surface area (TPSA) is 82.0 Å². The number of hydrogen-bond donors (Lipinski definition) is 3. The number of aromatic amines is 1. The van der Waals surface area contributed by atoms with E-state index in [1.165, 1.54) is 0 Å². The molecule has 0 saturated heterocycles.